The number of carbonyl (C=O) groups excluding carboxylic acids is 2. The zero-order valence-corrected chi connectivity index (χ0v) is 34.0. The van der Waals surface area contributed by atoms with Crippen molar-refractivity contribution in [3.63, 3.8) is 0 Å². The van der Waals surface area contributed by atoms with Crippen molar-refractivity contribution >= 4 is 24.4 Å². The molecule has 1 radical (unpaired) electrons. The predicted octanol–water partition coefficient (Wildman–Crippen LogP) is 6.84. The van der Waals surface area contributed by atoms with Gasteiger partial charge in [0.05, 0.1) is 12.1 Å². The average molecular weight is 738 g/mol. The molecule has 0 aromatic heterocycles. The van der Waals surface area contributed by atoms with Gasteiger partial charge in [-0.25, -0.2) is 0 Å². The summed E-state index contributed by atoms with van der Waals surface area (Å²) in [6, 6.07) is 8.87. The van der Waals surface area contributed by atoms with Crippen molar-refractivity contribution in [2.45, 2.75) is 152 Å². The molecule has 2 N–H and O–H groups in total. The van der Waals surface area contributed by atoms with E-state index in [9.17, 15) is 10.2 Å². The van der Waals surface area contributed by atoms with Gasteiger partial charge in [0.15, 0.2) is 0 Å². The largest absolute Gasteiger partial charge is 2.00 e. The summed E-state index contributed by atoms with van der Waals surface area (Å²) in [6.45, 7) is 28.3. The number of hydrogen-bond acceptors (Lipinski definition) is 8. The molecule has 0 bridgehead atoms. The zero-order valence-electron chi connectivity index (χ0n) is 32.9. The molecule has 0 heterocycles. The van der Waals surface area contributed by atoms with Crippen molar-refractivity contribution in [2.24, 2.45) is 20.8 Å². The molecule has 8 nitrogen and oxygen atoms in total. The molecule has 1 aliphatic carbocycles. The summed E-state index contributed by atoms with van der Waals surface area (Å²) < 4.78 is 0. The molecule has 3 rings (SSSR count). The van der Waals surface area contributed by atoms with E-state index < -0.39 is 11.9 Å². The van der Waals surface area contributed by atoms with Gasteiger partial charge in [-0.05, 0) is 90.9 Å². The average Bonchev–Trinajstić information content (AvgIpc) is 3.33. The number of rotatable bonds is 6. The van der Waals surface area contributed by atoms with Crippen molar-refractivity contribution in [1.82, 2.24) is 0 Å². The topological polar surface area (TPSA) is 145 Å². The predicted molar refractivity (Wildman–Crippen MR) is 198 cm³/mol. The van der Waals surface area contributed by atoms with Crippen LogP contribution in [0.5, 0.6) is 11.5 Å². The number of phenolic OH excluding ortho intramolecular Hbond substituents is 2. The van der Waals surface area contributed by atoms with Crippen molar-refractivity contribution in [3.05, 3.63) is 57.6 Å². The Kier molecular flexibility index (Phi) is 17.7. The summed E-state index contributed by atoms with van der Waals surface area (Å²) in [4.78, 5) is 27.6. The molecule has 281 valence electrons. The van der Waals surface area contributed by atoms with E-state index in [1.54, 1.807) is 0 Å². The quantitative estimate of drug-likeness (QED) is 0.311. The summed E-state index contributed by atoms with van der Waals surface area (Å²) in [5.41, 5.74) is 6.02. The standard InChI is InChI=1S/C37H56N2O2.2C2H4O2.Co/c1-34(2,3)20-24-15-26(32(40)30(17-24)36(7,8)9)22-38-28-13-14-29(19-28)39-23-27-16-25(21-35(4,5)6)18-31(33(27)41)37(10,11)12;2*1-2(3)4;/h15-18,22-23,28-29,40-41H,13-14,19-21H2,1-12H3;2*1H3,(H,3,4);/q;;;+2/p-2. The Bertz CT molecular complexity index is 1370. The minimum atomic E-state index is -1.08. The van der Waals surface area contributed by atoms with E-state index in [1.807, 2.05) is 12.4 Å². The molecule has 2 atom stereocenters. The number of aliphatic carboxylic acids is 2. The number of benzene rings is 2. The van der Waals surface area contributed by atoms with Crippen LogP contribution in [-0.4, -0.2) is 46.7 Å². The Hall–Kier alpha value is -3.17. The minimum Gasteiger partial charge on any atom is -0.550 e. The van der Waals surface area contributed by atoms with Crippen molar-refractivity contribution in [3.8, 4) is 11.5 Å². The Labute approximate surface area is 312 Å². The number of carboxylic acid groups (broad SMARTS) is 2. The smallest absolute Gasteiger partial charge is 0.550 e. The van der Waals surface area contributed by atoms with Crippen LogP contribution in [0.4, 0.5) is 0 Å². The maximum Gasteiger partial charge on any atom is 2.00 e. The Morgan fingerprint density at radius 3 is 1.18 bits per heavy atom. The third-order valence-corrected chi connectivity index (χ3v) is 7.71. The summed E-state index contributed by atoms with van der Waals surface area (Å²) in [5.74, 6) is -1.49. The molecule has 0 amide bonds. The molecule has 1 fully saturated rings. The first-order valence-electron chi connectivity index (χ1n) is 17.2. The number of nitrogens with zero attached hydrogens (tertiary/aromatic N) is 2. The molecule has 50 heavy (non-hydrogen) atoms. The summed E-state index contributed by atoms with van der Waals surface area (Å²) in [7, 11) is 0. The number of phenols is 2. The number of carbonyl (C=O) groups is 2. The van der Waals surface area contributed by atoms with Gasteiger partial charge in [0.2, 0.25) is 0 Å². The third kappa shape index (κ3) is 17.7. The fourth-order valence-electron chi connectivity index (χ4n) is 5.78. The van der Waals surface area contributed by atoms with E-state index in [1.165, 1.54) is 11.1 Å². The van der Waals surface area contributed by atoms with Gasteiger partial charge in [-0.3, -0.25) is 9.98 Å². The molecular weight excluding hydrogens is 675 g/mol. The fourth-order valence-corrected chi connectivity index (χ4v) is 5.78. The number of aliphatic imine (C=N–C) groups is 2. The normalized spacial score (nSPS) is 16.7. The van der Waals surface area contributed by atoms with E-state index in [4.69, 9.17) is 29.8 Å². The zero-order chi connectivity index (χ0) is 38.1. The van der Waals surface area contributed by atoms with Crippen LogP contribution in [0.3, 0.4) is 0 Å². The van der Waals surface area contributed by atoms with Crippen molar-refractivity contribution in [1.29, 1.82) is 0 Å². The van der Waals surface area contributed by atoms with Gasteiger partial charge in [0, 0.05) is 46.6 Å². The van der Waals surface area contributed by atoms with Crippen LogP contribution in [0.15, 0.2) is 34.3 Å². The molecule has 1 saturated carbocycles. The summed E-state index contributed by atoms with van der Waals surface area (Å²) in [5, 5.41) is 40.1. The fraction of sp³-hybridized carbons (Fsp3) is 0.610. The second-order valence-corrected chi connectivity index (χ2v) is 17.8. The van der Waals surface area contributed by atoms with E-state index >= 15 is 0 Å². The van der Waals surface area contributed by atoms with Crippen LogP contribution in [0, 0.1) is 10.8 Å². The van der Waals surface area contributed by atoms with Gasteiger partial charge in [-0.15, -0.1) is 0 Å². The SMILES string of the molecule is CC(=O)[O-].CC(=O)[O-].CC(C)(C)Cc1cc(C=NC2CCC(N=Cc3cc(CC(C)(C)C)cc(C(C)(C)C)c3O)C2)c(O)c(C(C)(C)C)c1.[Co+2]. The molecule has 0 spiro atoms. The Morgan fingerprint density at radius 1 is 0.660 bits per heavy atom. The van der Waals surface area contributed by atoms with Gasteiger partial charge < -0.3 is 30.0 Å². The first kappa shape index (κ1) is 46.8. The second kappa shape index (κ2) is 18.9. The third-order valence-electron chi connectivity index (χ3n) is 7.71. The Morgan fingerprint density at radius 2 is 0.940 bits per heavy atom. The van der Waals surface area contributed by atoms with Gasteiger partial charge in [0.1, 0.15) is 11.5 Å². The Balaban J connectivity index is 0.00000241. The van der Waals surface area contributed by atoms with Gasteiger partial charge in [-0.2, -0.15) is 0 Å². The molecule has 0 aliphatic heterocycles. The van der Waals surface area contributed by atoms with Gasteiger partial charge in [0.25, 0.3) is 0 Å². The monoisotopic (exact) mass is 737 g/mol. The van der Waals surface area contributed by atoms with Crippen LogP contribution >= 0.6 is 0 Å². The maximum absolute atomic E-state index is 11.1. The molecule has 0 saturated heterocycles. The summed E-state index contributed by atoms with van der Waals surface area (Å²) >= 11 is 0. The second-order valence-electron chi connectivity index (χ2n) is 17.8. The first-order valence-corrected chi connectivity index (χ1v) is 17.2. The molecule has 1 aliphatic rings. The first-order chi connectivity index (χ1) is 22.1. The van der Waals surface area contributed by atoms with Crippen LogP contribution in [0.1, 0.15) is 150 Å². The van der Waals surface area contributed by atoms with Crippen LogP contribution in [0.2, 0.25) is 0 Å². The molecule has 2 unspecified atom stereocenters. The van der Waals surface area contributed by atoms with Crippen LogP contribution in [0.25, 0.3) is 0 Å². The van der Waals surface area contributed by atoms with E-state index in [0.717, 1.165) is 68.2 Å². The van der Waals surface area contributed by atoms with Gasteiger partial charge >= 0.3 is 16.8 Å². The molecular formula is C41H62CoN2O6. The molecule has 9 heteroatoms. The number of carboxylic acids is 2. The van der Waals surface area contributed by atoms with Crippen LogP contribution < -0.4 is 10.2 Å². The molecule has 2 aromatic carbocycles. The van der Waals surface area contributed by atoms with E-state index in [0.29, 0.717) is 11.5 Å². The summed E-state index contributed by atoms with van der Waals surface area (Å²) in [6.07, 6.45) is 8.45. The molecule has 2 aromatic rings. The van der Waals surface area contributed by atoms with Crippen LogP contribution in [-0.2, 0) is 50.0 Å². The minimum absolute atomic E-state index is 0. The number of hydrogen-bond donors (Lipinski definition) is 2. The van der Waals surface area contributed by atoms with Gasteiger partial charge in [-0.1, -0.05) is 95.2 Å². The van der Waals surface area contributed by atoms with Crippen molar-refractivity contribution in [2.75, 3.05) is 0 Å². The maximum atomic E-state index is 11.1. The van der Waals surface area contributed by atoms with E-state index in [2.05, 4.69) is 107 Å². The number of aromatic hydroxyl groups is 2. The van der Waals surface area contributed by atoms with Crippen molar-refractivity contribution < 1.29 is 46.8 Å². The van der Waals surface area contributed by atoms with E-state index in [-0.39, 0.29) is 50.5 Å².